The Morgan fingerprint density at radius 1 is 1.29 bits per heavy atom. The molecule has 1 aromatic rings. The topological polar surface area (TPSA) is 50.4 Å². The molecule has 0 bridgehead atoms. The van der Waals surface area contributed by atoms with Gasteiger partial charge in [-0.05, 0) is 38.1 Å². The number of carbonyl (C=O) groups is 1. The lowest BCUT2D eigenvalue weighted by molar-refractivity contribution is -0.140. The number of methoxy groups -OCH3 is 1. The number of amides is 1. The van der Waals surface area contributed by atoms with E-state index in [0.717, 1.165) is 18.8 Å². The number of anilines is 1. The molecule has 1 aliphatic heterocycles. The zero-order chi connectivity index (χ0) is 12.1. The Kier molecular flexibility index (Phi) is 3.76. The predicted octanol–water partition coefficient (Wildman–Crippen LogP) is 1.39. The molecule has 92 valence electrons. The molecule has 0 unspecified atom stereocenters. The molecule has 2 rings (SSSR count). The van der Waals surface area contributed by atoms with Crippen molar-refractivity contribution in [3.63, 3.8) is 0 Å². The molecule has 1 heterocycles. The maximum Gasteiger partial charge on any atom is 0.256 e. The lowest BCUT2D eigenvalue weighted by Crippen LogP contribution is -2.51. The van der Waals surface area contributed by atoms with Crippen LogP contribution in [-0.2, 0) is 9.53 Å². The van der Waals surface area contributed by atoms with Gasteiger partial charge in [-0.2, -0.15) is 0 Å². The molecule has 0 radical (unpaired) electrons. The fraction of sp³-hybridized carbons (Fsp3) is 0.462. The van der Waals surface area contributed by atoms with Crippen LogP contribution in [0.25, 0.3) is 0 Å². The van der Waals surface area contributed by atoms with Gasteiger partial charge in [-0.25, -0.2) is 0 Å². The van der Waals surface area contributed by atoms with Gasteiger partial charge >= 0.3 is 0 Å². The largest absolute Gasteiger partial charge is 0.368 e. The second kappa shape index (κ2) is 5.29. The van der Waals surface area contributed by atoms with Gasteiger partial charge in [0.1, 0.15) is 5.60 Å². The first-order valence-corrected chi connectivity index (χ1v) is 5.89. The van der Waals surface area contributed by atoms with Crippen LogP contribution in [0.2, 0.25) is 0 Å². The van der Waals surface area contributed by atoms with Crippen LogP contribution in [0, 0.1) is 0 Å². The highest BCUT2D eigenvalue weighted by Gasteiger charge is 2.39. The smallest absolute Gasteiger partial charge is 0.256 e. The number of para-hydroxylation sites is 1. The molecule has 4 nitrogen and oxygen atoms in total. The number of nitrogens with one attached hydrogen (secondary N) is 2. The molecule has 0 aliphatic carbocycles. The molecule has 1 saturated heterocycles. The molecule has 4 heteroatoms. The Morgan fingerprint density at radius 3 is 2.53 bits per heavy atom. The summed E-state index contributed by atoms with van der Waals surface area (Å²) in [4.78, 5) is 12.3. The minimum atomic E-state index is -0.679. The van der Waals surface area contributed by atoms with Gasteiger partial charge in [0.05, 0.1) is 0 Å². The van der Waals surface area contributed by atoms with Crippen LogP contribution in [0.15, 0.2) is 30.3 Å². The van der Waals surface area contributed by atoms with Crippen LogP contribution in [-0.4, -0.2) is 31.7 Å². The molecule has 0 spiro atoms. The number of rotatable bonds is 3. The first-order chi connectivity index (χ1) is 8.27. The van der Waals surface area contributed by atoms with Gasteiger partial charge in [-0.3, -0.25) is 4.79 Å². The molecule has 0 atom stereocenters. The van der Waals surface area contributed by atoms with Gasteiger partial charge in [0.15, 0.2) is 0 Å². The summed E-state index contributed by atoms with van der Waals surface area (Å²) in [7, 11) is 1.61. The summed E-state index contributed by atoms with van der Waals surface area (Å²) in [6.45, 7) is 1.63. The van der Waals surface area contributed by atoms with E-state index in [1.807, 2.05) is 30.3 Å². The van der Waals surface area contributed by atoms with Crippen LogP contribution in [0.1, 0.15) is 12.8 Å². The minimum absolute atomic E-state index is 0.0484. The van der Waals surface area contributed by atoms with E-state index in [2.05, 4.69) is 10.6 Å². The van der Waals surface area contributed by atoms with Crippen molar-refractivity contribution in [3.05, 3.63) is 30.3 Å². The Hall–Kier alpha value is -1.39. The standard InChI is InChI=1S/C13H18N2O2/c1-17-13(7-9-14-10-8-13)12(16)15-11-5-3-2-4-6-11/h2-6,14H,7-10H2,1H3,(H,15,16). The number of piperidine rings is 1. The first kappa shape index (κ1) is 12.1. The van der Waals surface area contributed by atoms with E-state index < -0.39 is 5.60 Å². The summed E-state index contributed by atoms with van der Waals surface area (Å²) in [6.07, 6.45) is 1.42. The second-order valence-corrected chi connectivity index (χ2v) is 4.27. The van der Waals surface area contributed by atoms with Gasteiger partial charge in [0.25, 0.3) is 5.91 Å². The van der Waals surface area contributed by atoms with Crippen molar-refractivity contribution < 1.29 is 9.53 Å². The highest BCUT2D eigenvalue weighted by molar-refractivity contribution is 5.97. The zero-order valence-corrected chi connectivity index (χ0v) is 10.0. The van der Waals surface area contributed by atoms with Gasteiger partial charge in [-0.15, -0.1) is 0 Å². The fourth-order valence-corrected chi connectivity index (χ4v) is 2.12. The summed E-state index contributed by atoms with van der Waals surface area (Å²) >= 11 is 0. The van der Waals surface area contributed by atoms with Crippen molar-refractivity contribution in [2.75, 3.05) is 25.5 Å². The van der Waals surface area contributed by atoms with Gasteiger partial charge in [-0.1, -0.05) is 18.2 Å². The van der Waals surface area contributed by atoms with Gasteiger partial charge in [0.2, 0.25) is 0 Å². The Labute approximate surface area is 101 Å². The Balaban J connectivity index is 2.07. The third-order valence-electron chi connectivity index (χ3n) is 3.25. The molecular formula is C13H18N2O2. The monoisotopic (exact) mass is 234 g/mol. The van der Waals surface area contributed by atoms with Crippen molar-refractivity contribution in [1.82, 2.24) is 5.32 Å². The van der Waals surface area contributed by atoms with Crippen LogP contribution < -0.4 is 10.6 Å². The lowest BCUT2D eigenvalue weighted by atomic mass is 9.91. The van der Waals surface area contributed by atoms with Crippen LogP contribution in [0.5, 0.6) is 0 Å². The van der Waals surface area contributed by atoms with Crippen molar-refractivity contribution in [2.24, 2.45) is 0 Å². The average molecular weight is 234 g/mol. The summed E-state index contributed by atoms with van der Waals surface area (Å²) < 4.78 is 5.46. The second-order valence-electron chi connectivity index (χ2n) is 4.27. The Bertz CT molecular complexity index is 372. The van der Waals surface area contributed by atoms with E-state index in [-0.39, 0.29) is 5.91 Å². The molecule has 1 aliphatic rings. The molecule has 1 aromatic carbocycles. The molecule has 2 N–H and O–H groups in total. The fourth-order valence-electron chi connectivity index (χ4n) is 2.12. The van der Waals surface area contributed by atoms with Crippen molar-refractivity contribution in [2.45, 2.75) is 18.4 Å². The summed E-state index contributed by atoms with van der Waals surface area (Å²) in [5, 5.41) is 6.14. The molecule has 1 fully saturated rings. The molecular weight excluding hydrogens is 216 g/mol. The van der Waals surface area contributed by atoms with Gasteiger partial charge in [0, 0.05) is 12.8 Å². The molecule has 0 saturated carbocycles. The third-order valence-corrected chi connectivity index (χ3v) is 3.25. The number of ether oxygens (including phenoxy) is 1. The number of hydrogen-bond donors (Lipinski definition) is 2. The van der Waals surface area contributed by atoms with Crippen molar-refractivity contribution in [1.29, 1.82) is 0 Å². The Morgan fingerprint density at radius 2 is 1.94 bits per heavy atom. The van der Waals surface area contributed by atoms with Gasteiger partial charge < -0.3 is 15.4 Å². The third kappa shape index (κ3) is 2.65. The summed E-state index contributed by atoms with van der Waals surface area (Å²) in [5.74, 6) is -0.0484. The number of hydrogen-bond acceptors (Lipinski definition) is 3. The summed E-state index contributed by atoms with van der Waals surface area (Å²) in [6, 6.07) is 9.48. The lowest BCUT2D eigenvalue weighted by Gasteiger charge is -2.34. The highest BCUT2D eigenvalue weighted by Crippen LogP contribution is 2.24. The normalized spacial score (nSPS) is 18.6. The number of benzene rings is 1. The van der Waals surface area contributed by atoms with Crippen LogP contribution in [0.4, 0.5) is 5.69 Å². The van der Waals surface area contributed by atoms with E-state index in [0.29, 0.717) is 12.8 Å². The van der Waals surface area contributed by atoms with E-state index >= 15 is 0 Å². The quantitative estimate of drug-likeness (QED) is 0.831. The van der Waals surface area contributed by atoms with Crippen molar-refractivity contribution in [3.8, 4) is 0 Å². The van der Waals surface area contributed by atoms with E-state index in [9.17, 15) is 4.79 Å². The highest BCUT2D eigenvalue weighted by atomic mass is 16.5. The zero-order valence-electron chi connectivity index (χ0n) is 10.0. The molecule has 17 heavy (non-hydrogen) atoms. The minimum Gasteiger partial charge on any atom is -0.368 e. The predicted molar refractivity (Wildman–Crippen MR) is 66.9 cm³/mol. The molecule has 0 aromatic heterocycles. The maximum atomic E-state index is 12.3. The maximum absolute atomic E-state index is 12.3. The average Bonchev–Trinajstić information content (AvgIpc) is 2.40. The summed E-state index contributed by atoms with van der Waals surface area (Å²) in [5.41, 5.74) is 0.133. The van der Waals surface area contributed by atoms with E-state index in [4.69, 9.17) is 4.74 Å². The van der Waals surface area contributed by atoms with E-state index in [1.54, 1.807) is 7.11 Å². The van der Waals surface area contributed by atoms with Crippen LogP contribution in [0.3, 0.4) is 0 Å². The van der Waals surface area contributed by atoms with E-state index in [1.165, 1.54) is 0 Å². The van der Waals surface area contributed by atoms with Crippen molar-refractivity contribution >= 4 is 11.6 Å². The number of carbonyl (C=O) groups excluding carboxylic acids is 1. The SMILES string of the molecule is COC1(C(=O)Nc2ccccc2)CCNCC1. The molecule has 1 amide bonds. The van der Waals surface area contributed by atoms with Crippen LogP contribution >= 0.6 is 0 Å². The first-order valence-electron chi connectivity index (χ1n) is 5.89.